The summed E-state index contributed by atoms with van der Waals surface area (Å²) in [6.45, 7) is 12.7. The fourth-order valence-electron chi connectivity index (χ4n) is 3.09. The van der Waals surface area contributed by atoms with Gasteiger partial charge in [-0.25, -0.2) is 0 Å². The van der Waals surface area contributed by atoms with Crippen LogP contribution < -0.4 is 14.8 Å². The Morgan fingerprint density at radius 2 is 1.96 bits per heavy atom. The van der Waals surface area contributed by atoms with Crippen LogP contribution in [0.5, 0.6) is 11.5 Å². The van der Waals surface area contributed by atoms with E-state index in [1.165, 1.54) is 0 Å². The van der Waals surface area contributed by atoms with Crippen molar-refractivity contribution in [2.24, 2.45) is 0 Å². The average Bonchev–Trinajstić information content (AvgIpc) is 2.71. The second-order valence-corrected chi connectivity index (χ2v) is 7.01. The highest BCUT2D eigenvalue weighted by atomic mass is 16.5. The molecule has 1 aromatic carbocycles. The molecule has 1 amide bonds. The zero-order valence-corrected chi connectivity index (χ0v) is 17.6. The number of hydrogen-bond acceptors (Lipinski definition) is 5. The quantitative estimate of drug-likeness (QED) is 0.622. The van der Waals surface area contributed by atoms with Gasteiger partial charge in [0.05, 0.1) is 26.4 Å². The summed E-state index contributed by atoms with van der Waals surface area (Å²) in [4.78, 5) is 14.7. The van der Waals surface area contributed by atoms with Crippen molar-refractivity contribution in [2.45, 2.75) is 46.2 Å². The topological polar surface area (TPSA) is 60.0 Å². The fraction of sp³-hybridized carbons (Fsp3) is 0.591. The van der Waals surface area contributed by atoms with Crippen LogP contribution in [0.2, 0.25) is 0 Å². The molecule has 1 fully saturated rings. The minimum atomic E-state index is -0.100. The molecule has 0 spiro atoms. The van der Waals surface area contributed by atoms with Gasteiger partial charge in [-0.2, -0.15) is 0 Å². The average molecular weight is 391 g/mol. The minimum Gasteiger partial charge on any atom is -0.490 e. The van der Waals surface area contributed by atoms with Crippen LogP contribution in [0.3, 0.4) is 0 Å². The summed E-state index contributed by atoms with van der Waals surface area (Å²) in [5.74, 6) is 1.34. The third-order valence-electron chi connectivity index (χ3n) is 4.87. The molecule has 6 heteroatoms. The molecule has 0 saturated carbocycles. The van der Waals surface area contributed by atoms with E-state index < -0.39 is 0 Å². The number of carbonyl (C=O) groups excluding carboxylic acids is 1. The van der Waals surface area contributed by atoms with E-state index in [4.69, 9.17) is 14.2 Å². The van der Waals surface area contributed by atoms with E-state index in [0.717, 1.165) is 44.0 Å². The smallest absolute Gasteiger partial charge is 0.244 e. The Bertz CT molecular complexity index is 641. The van der Waals surface area contributed by atoms with Crippen LogP contribution in [-0.4, -0.2) is 62.4 Å². The molecule has 2 unspecified atom stereocenters. The number of nitrogens with zero attached hydrogens (tertiary/aromatic N) is 1. The molecule has 1 N–H and O–H groups in total. The number of hydrogen-bond donors (Lipinski definition) is 1. The fourth-order valence-corrected chi connectivity index (χ4v) is 3.09. The molecule has 28 heavy (non-hydrogen) atoms. The molecule has 1 heterocycles. The number of ether oxygens (including phenoxy) is 3. The Hall–Kier alpha value is -2.05. The van der Waals surface area contributed by atoms with Gasteiger partial charge in [0.25, 0.3) is 0 Å². The Morgan fingerprint density at radius 1 is 1.21 bits per heavy atom. The van der Waals surface area contributed by atoms with Gasteiger partial charge in [0.1, 0.15) is 0 Å². The molecule has 1 saturated heterocycles. The lowest BCUT2D eigenvalue weighted by molar-refractivity contribution is -0.117. The first-order valence-electron chi connectivity index (χ1n) is 10.2. The van der Waals surface area contributed by atoms with Crippen LogP contribution in [0, 0.1) is 0 Å². The van der Waals surface area contributed by atoms with Gasteiger partial charge < -0.3 is 19.5 Å². The molecule has 0 bridgehead atoms. The van der Waals surface area contributed by atoms with E-state index in [-0.39, 0.29) is 18.0 Å². The van der Waals surface area contributed by atoms with Crippen molar-refractivity contribution in [2.75, 3.05) is 39.5 Å². The number of morpholine rings is 1. The van der Waals surface area contributed by atoms with Gasteiger partial charge >= 0.3 is 0 Å². The van der Waals surface area contributed by atoms with Crippen LogP contribution in [0.1, 0.15) is 39.7 Å². The molecule has 1 aromatic rings. The van der Waals surface area contributed by atoms with Crippen molar-refractivity contribution >= 4 is 12.0 Å². The molecule has 0 aliphatic carbocycles. The molecule has 1 aliphatic rings. The summed E-state index contributed by atoms with van der Waals surface area (Å²) in [6.07, 6.45) is 4.31. The maximum Gasteiger partial charge on any atom is 0.244 e. The minimum absolute atomic E-state index is 0.0547. The molecule has 156 valence electrons. The Kier molecular flexibility index (Phi) is 9.31. The van der Waals surface area contributed by atoms with Crippen molar-refractivity contribution in [1.82, 2.24) is 10.2 Å². The first-order valence-corrected chi connectivity index (χ1v) is 10.2. The van der Waals surface area contributed by atoms with Gasteiger partial charge in [-0.1, -0.05) is 13.0 Å². The van der Waals surface area contributed by atoms with E-state index in [2.05, 4.69) is 24.1 Å². The highest BCUT2D eigenvalue weighted by Gasteiger charge is 2.22. The van der Waals surface area contributed by atoms with Crippen LogP contribution in [0.25, 0.3) is 6.08 Å². The maximum atomic E-state index is 12.3. The lowest BCUT2D eigenvalue weighted by atomic mass is 10.1. The van der Waals surface area contributed by atoms with Crippen LogP contribution in [-0.2, 0) is 9.53 Å². The number of amides is 1. The highest BCUT2D eigenvalue weighted by Crippen LogP contribution is 2.29. The predicted molar refractivity (Wildman–Crippen MR) is 112 cm³/mol. The maximum absolute atomic E-state index is 12.3. The van der Waals surface area contributed by atoms with Gasteiger partial charge in [0.15, 0.2) is 11.5 Å². The number of carbonyl (C=O) groups is 1. The van der Waals surface area contributed by atoms with Crippen LogP contribution in [0.15, 0.2) is 24.3 Å². The summed E-state index contributed by atoms with van der Waals surface area (Å²) in [6, 6.07) is 6.04. The first kappa shape index (κ1) is 22.2. The molecule has 2 rings (SSSR count). The van der Waals surface area contributed by atoms with Crippen LogP contribution >= 0.6 is 0 Å². The van der Waals surface area contributed by atoms with Gasteiger partial charge in [-0.05, 0) is 51.0 Å². The second-order valence-electron chi connectivity index (χ2n) is 7.01. The summed E-state index contributed by atoms with van der Waals surface area (Å²) in [5.41, 5.74) is 0.899. The monoisotopic (exact) mass is 390 g/mol. The van der Waals surface area contributed by atoms with Crippen molar-refractivity contribution in [3.8, 4) is 11.5 Å². The predicted octanol–water partition coefficient (Wildman–Crippen LogP) is 3.11. The zero-order chi connectivity index (χ0) is 20.4. The van der Waals surface area contributed by atoms with Crippen molar-refractivity contribution in [3.05, 3.63) is 29.8 Å². The lowest BCUT2D eigenvalue weighted by Crippen LogP contribution is -2.51. The standard InChI is InChI=1S/C22H34N2O4/c1-5-13-28-20-9-7-19(16-21(20)27-6-2)8-10-22(25)23-17(3)18(4)24-11-14-26-15-12-24/h7-10,16-18H,5-6,11-15H2,1-4H3,(H,23,25)/b10-8+. The largest absolute Gasteiger partial charge is 0.490 e. The van der Waals surface area contributed by atoms with Crippen molar-refractivity contribution in [1.29, 1.82) is 0 Å². The van der Waals surface area contributed by atoms with E-state index in [0.29, 0.717) is 19.0 Å². The summed E-state index contributed by atoms with van der Waals surface area (Å²) >= 11 is 0. The lowest BCUT2D eigenvalue weighted by Gasteiger charge is -2.35. The second kappa shape index (κ2) is 11.7. The van der Waals surface area contributed by atoms with Gasteiger partial charge in [0, 0.05) is 31.2 Å². The third kappa shape index (κ3) is 6.84. The Morgan fingerprint density at radius 3 is 2.64 bits per heavy atom. The van der Waals surface area contributed by atoms with Crippen LogP contribution in [0.4, 0.5) is 0 Å². The third-order valence-corrected chi connectivity index (χ3v) is 4.87. The SMILES string of the molecule is CCCOc1ccc(/C=C/C(=O)NC(C)C(C)N2CCOCC2)cc1OCC. The van der Waals surface area contributed by atoms with E-state index in [1.807, 2.05) is 32.0 Å². The molecule has 0 aromatic heterocycles. The molecular weight excluding hydrogens is 356 g/mol. The van der Waals surface area contributed by atoms with Gasteiger partial charge in [0.2, 0.25) is 5.91 Å². The molecule has 2 atom stereocenters. The van der Waals surface area contributed by atoms with Gasteiger partial charge in [-0.15, -0.1) is 0 Å². The number of rotatable bonds is 10. The molecule has 1 aliphatic heterocycles. The summed E-state index contributed by atoms with van der Waals surface area (Å²) in [7, 11) is 0. The van der Waals surface area contributed by atoms with Gasteiger partial charge in [-0.3, -0.25) is 9.69 Å². The first-order chi connectivity index (χ1) is 13.5. The molecule has 0 radical (unpaired) electrons. The Labute approximate surface area is 168 Å². The zero-order valence-electron chi connectivity index (χ0n) is 17.6. The van der Waals surface area contributed by atoms with Crippen molar-refractivity contribution in [3.63, 3.8) is 0 Å². The number of nitrogens with one attached hydrogen (secondary N) is 1. The number of benzene rings is 1. The summed E-state index contributed by atoms with van der Waals surface area (Å²) in [5, 5.41) is 3.06. The molecule has 6 nitrogen and oxygen atoms in total. The normalized spacial score (nSPS) is 17.3. The van der Waals surface area contributed by atoms with Crippen molar-refractivity contribution < 1.29 is 19.0 Å². The van der Waals surface area contributed by atoms with E-state index in [9.17, 15) is 4.79 Å². The summed E-state index contributed by atoms with van der Waals surface area (Å²) < 4.78 is 16.8. The Balaban J connectivity index is 1.93. The van der Waals surface area contributed by atoms with E-state index in [1.54, 1.807) is 12.2 Å². The molecular formula is C22H34N2O4. The van der Waals surface area contributed by atoms with E-state index >= 15 is 0 Å². The highest BCUT2D eigenvalue weighted by molar-refractivity contribution is 5.92.